The fourth-order valence-corrected chi connectivity index (χ4v) is 3.81. The van der Waals surface area contributed by atoms with Gasteiger partial charge in [0.15, 0.2) is 0 Å². The largest absolute Gasteiger partial charge is 0.408 e. The second kappa shape index (κ2) is 6.98. The van der Waals surface area contributed by atoms with Crippen molar-refractivity contribution >= 4 is 6.03 Å². The second-order valence-corrected chi connectivity index (χ2v) is 6.59. The van der Waals surface area contributed by atoms with Crippen molar-refractivity contribution in [3.8, 4) is 0 Å². The highest BCUT2D eigenvalue weighted by molar-refractivity contribution is 5.75. The number of rotatable bonds is 3. The lowest BCUT2D eigenvalue weighted by molar-refractivity contribution is -0.165. The Labute approximate surface area is 138 Å². The number of H-pyrrole nitrogens is 1. The summed E-state index contributed by atoms with van der Waals surface area (Å²) in [5, 5.41) is 8.77. The summed E-state index contributed by atoms with van der Waals surface area (Å²) >= 11 is 0. The molecular formula is C15H22F3N5O. The van der Waals surface area contributed by atoms with E-state index in [4.69, 9.17) is 0 Å². The van der Waals surface area contributed by atoms with Gasteiger partial charge >= 0.3 is 12.2 Å². The smallest absolute Gasteiger partial charge is 0.326 e. The molecule has 1 saturated heterocycles. The summed E-state index contributed by atoms with van der Waals surface area (Å²) in [7, 11) is 0. The summed E-state index contributed by atoms with van der Waals surface area (Å²) in [6, 6.07) is -2.78. The molecule has 0 aromatic carbocycles. The first-order valence-electron chi connectivity index (χ1n) is 8.46. The van der Waals surface area contributed by atoms with Gasteiger partial charge in [-0.15, -0.1) is 0 Å². The number of hydrogen-bond donors (Lipinski definition) is 2. The van der Waals surface area contributed by atoms with Gasteiger partial charge in [0.25, 0.3) is 0 Å². The van der Waals surface area contributed by atoms with E-state index < -0.39 is 24.2 Å². The van der Waals surface area contributed by atoms with Crippen LogP contribution in [0.5, 0.6) is 0 Å². The van der Waals surface area contributed by atoms with E-state index >= 15 is 0 Å². The van der Waals surface area contributed by atoms with E-state index in [1.807, 2.05) is 0 Å². The molecule has 1 saturated carbocycles. The number of carbonyl (C=O) groups is 1. The monoisotopic (exact) mass is 345 g/mol. The first-order chi connectivity index (χ1) is 11.5. The number of piperidine rings is 1. The third-order valence-corrected chi connectivity index (χ3v) is 5.02. The molecule has 1 aromatic rings. The first-order valence-corrected chi connectivity index (χ1v) is 8.46. The molecule has 9 heteroatoms. The van der Waals surface area contributed by atoms with Gasteiger partial charge in [0, 0.05) is 6.54 Å². The molecule has 2 amide bonds. The fraction of sp³-hybridized carbons (Fsp3) is 0.800. The van der Waals surface area contributed by atoms with Crippen LogP contribution in [-0.4, -0.2) is 44.9 Å². The Morgan fingerprint density at radius 1 is 1.25 bits per heavy atom. The fourth-order valence-electron chi connectivity index (χ4n) is 3.81. The molecule has 24 heavy (non-hydrogen) atoms. The summed E-state index contributed by atoms with van der Waals surface area (Å²) in [6.07, 6.45) is 1.86. The maximum absolute atomic E-state index is 13.4. The number of alkyl halides is 3. The number of likely N-dealkylation sites (tertiary alicyclic amines) is 1. The highest BCUT2D eigenvalue weighted by Gasteiger charge is 2.47. The average Bonchev–Trinajstić information content (AvgIpc) is 3.24. The molecule has 0 radical (unpaired) electrons. The van der Waals surface area contributed by atoms with E-state index in [9.17, 15) is 18.0 Å². The molecule has 2 heterocycles. The molecule has 0 spiro atoms. The van der Waals surface area contributed by atoms with Crippen LogP contribution in [-0.2, 0) is 0 Å². The van der Waals surface area contributed by atoms with Gasteiger partial charge in [-0.25, -0.2) is 9.78 Å². The quantitative estimate of drug-likeness (QED) is 0.884. The van der Waals surface area contributed by atoms with Crippen molar-refractivity contribution in [2.75, 3.05) is 6.54 Å². The maximum atomic E-state index is 13.4. The van der Waals surface area contributed by atoms with E-state index in [0.717, 1.165) is 25.7 Å². The molecule has 2 aliphatic rings. The van der Waals surface area contributed by atoms with Gasteiger partial charge in [0.1, 0.15) is 18.2 Å². The normalized spacial score (nSPS) is 24.1. The van der Waals surface area contributed by atoms with Crippen LogP contribution >= 0.6 is 0 Å². The Hall–Kier alpha value is -1.80. The summed E-state index contributed by atoms with van der Waals surface area (Å²) in [5.41, 5.74) is 0. The molecule has 0 bridgehead atoms. The molecule has 2 N–H and O–H groups in total. The highest BCUT2D eigenvalue weighted by atomic mass is 19.4. The van der Waals surface area contributed by atoms with Gasteiger partial charge in [-0.2, -0.15) is 18.3 Å². The molecule has 0 unspecified atom stereocenters. The lowest BCUT2D eigenvalue weighted by Gasteiger charge is -2.36. The van der Waals surface area contributed by atoms with Crippen molar-refractivity contribution in [3.63, 3.8) is 0 Å². The van der Waals surface area contributed by atoms with Gasteiger partial charge in [-0.1, -0.05) is 12.8 Å². The Morgan fingerprint density at radius 3 is 2.58 bits per heavy atom. The molecule has 2 atom stereocenters. The molecule has 1 aliphatic heterocycles. The van der Waals surface area contributed by atoms with Crippen molar-refractivity contribution in [3.05, 3.63) is 12.2 Å². The van der Waals surface area contributed by atoms with Crippen molar-refractivity contribution < 1.29 is 18.0 Å². The van der Waals surface area contributed by atoms with Gasteiger partial charge in [-0.3, -0.25) is 5.10 Å². The zero-order valence-corrected chi connectivity index (χ0v) is 13.4. The number of hydrogen-bond acceptors (Lipinski definition) is 3. The van der Waals surface area contributed by atoms with Crippen LogP contribution in [0.1, 0.15) is 56.8 Å². The third kappa shape index (κ3) is 3.64. The van der Waals surface area contributed by atoms with Gasteiger partial charge < -0.3 is 10.2 Å². The van der Waals surface area contributed by atoms with Crippen molar-refractivity contribution in [1.29, 1.82) is 0 Å². The van der Waals surface area contributed by atoms with E-state index in [2.05, 4.69) is 20.5 Å². The van der Waals surface area contributed by atoms with Crippen LogP contribution in [0.15, 0.2) is 6.33 Å². The highest BCUT2D eigenvalue weighted by Crippen LogP contribution is 2.36. The second-order valence-electron chi connectivity index (χ2n) is 6.59. The number of aromatic amines is 1. The van der Waals surface area contributed by atoms with E-state index in [1.165, 1.54) is 11.2 Å². The van der Waals surface area contributed by atoms with Crippen LogP contribution in [0, 0.1) is 5.92 Å². The van der Waals surface area contributed by atoms with E-state index in [1.54, 1.807) is 0 Å². The van der Waals surface area contributed by atoms with E-state index in [0.29, 0.717) is 31.6 Å². The minimum atomic E-state index is -4.43. The molecule has 1 aromatic heterocycles. The molecule has 6 nitrogen and oxygen atoms in total. The third-order valence-electron chi connectivity index (χ3n) is 5.02. The minimum absolute atomic E-state index is 0.348. The number of halogens is 3. The summed E-state index contributed by atoms with van der Waals surface area (Å²) < 4.78 is 40.2. The Balaban J connectivity index is 1.73. The van der Waals surface area contributed by atoms with Crippen LogP contribution in [0.25, 0.3) is 0 Å². The number of nitrogens with zero attached hydrogens (tertiary/aromatic N) is 3. The van der Waals surface area contributed by atoms with Gasteiger partial charge in [-0.05, 0) is 38.0 Å². The zero-order chi connectivity index (χ0) is 17.2. The summed E-state index contributed by atoms with van der Waals surface area (Å²) in [4.78, 5) is 18.1. The van der Waals surface area contributed by atoms with Crippen LogP contribution in [0.2, 0.25) is 0 Å². The standard InChI is InChI=1S/C15H22F3N5O/c16-15(17,18)12(10-5-1-2-6-10)21-14(24)23-8-4-3-7-11(23)13-19-9-20-22-13/h9-12H,1-8H2,(H,21,24)(H,19,20,22)/t11-,12+/m1/s1. The summed E-state index contributed by atoms with van der Waals surface area (Å²) in [5.74, 6) is -0.00301. The molecular weight excluding hydrogens is 323 g/mol. The van der Waals surface area contributed by atoms with Gasteiger partial charge in [0.05, 0.1) is 6.04 Å². The van der Waals surface area contributed by atoms with Crippen molar-refractivity contribution in [2.45, 2.75) is 63.2 Å². The number of carbonyl (C=O) groups excluding carboxylic acids is 1. The van der Waals surface area contributed by atoms with Crippen molar-refractivity contribution in [2.24, 2.45) is 5.92 Å². The van der Waals surface area contributed by atoms with Crippen LogP contribution in [0.3, 0.4) is 0 Å². The summed E-state index contributed by atoms with van der Waals surface area (Å²) in [6.45, 7) is 0.423. The lowest BCUT2D eigenvalue weighted by Crippen LogP contribution is -2.55. The Kier molecular flexibility index (Phi) is 4.96. The molecule has 1 aliphatic carbocycles. The van der Waals surface area contributed by atoms with E-state index in [-0.39, 0.29) is 6.04 Å². The number of urea groups is 1. The minimum Gasteiger partial charge on any atom is -0.326 e. The number of nitrogens with one attached hydrogen (secondary N) is 2. The van der Waals surface area contributed by atoms with Crippen LogP contribution in [0.4, 0.5) is 18.0 Å². The zero-order valence-electron chi connectivity index (χ0n) is 13.4. The Morgan fingerprint density at radius 2 is 1.96 bits per heavy atom. The Bertz CT molecular complexity index is 542. The first kappa shape index (κ1) is 17.0. The molecule has 3 rings (SSSR count). The maximum Gasteiger partial charge on any atom is 0.408 e. The number of aromatic nitrogens is 3. The molecule has 2 fully saturated rings. The topological polar surface area (TPSA) is 73.9 Å². The number of amides is 2. The lowest BCUT2D eigenvalue weighted by atomic mass is 9.97. The SMILES string of the molecule is O=C(N[C@@H](C1CCCC1)C(F)(F)F)N1CCCC[C@@H]1c1ncn[nH]1. The van der Waals surface area contributed by atoms with Gasteiger partial charge in [0.2, 0.25) is 0 Å². The molecule has 134 valence electrons. The predicted octanol–water partition coefficient (Wildman–Crippen LogP) is 3.16. The predicted molar refractivity (Wildman–Crippen MR) is 80.0 cm³/mol. The average molecular weight is 345 g/mol. The van der Waals surface area contributed by atoms with Crippen LogP contribution < -0.4 is 5.32 Å². The van der Waals surface area contributed by atoms with Crippen molar-refractivity contribution in [1.82, 2.24) is 25.4 Å².